The van der Waals surface area contributed by atoms with E-state index in [4.69, 9.17) is 0 Å². The van der Waals surface area contributed by atoms with Crippen molar-refractivity contribution in [2.24, 2.45) is 0 Å². The van der Waals surface area contributed by atoms with Gasteiger partial charge in [0.1, 0.15) is 12.4 Å². The summed E-state index contributed by atoms with van der Waals surface area (Å²) in [5.41, 5.74) is 1.37. The second-order valence-corrected chi connectivity index (χ2v) is 7.35. The SMILES string of the molecule is CCCCN1CCN([C@H](C(=O)N(C)Cc2ccncn2)c2ccccc2)C(=O)C1=O. The number of nitrogens with zero attached hydrogens (tertiary/aromatic N) is 5. The molecule has 158 valence electrons. The number of carbonyl (C=O) groups excluding carboxylic acids is 3. The van der Waals surface area contributed by atoms with E-state index in [-0.39, 0.29) is 12.5 Å². The second-order valence-electron chi connectivity index (χ2n) is 7.35. The van der Waals surface area contributed by atoms with E-state index in [0.29, 0.717) is 30.9 Å². The van der Waals surface area contributed by atoms with Crippen molar-refractivity contribution in [1.82, 2.24) is 24.7 Å². The van der Waals surface area contributed by atoms with Crippen LogP contribution in [0.5, 0.6) is 0 Å². The van der Waals surface area contributed by atoms with Crippen molar-refractivity contribution in [3.8, 4) is 0 Å². The summed E-state index contributed by atoms with van der Waals surface area (Å²) in [5.74, 6) is -1.43. The summed E-state index contributed by atoms with van der Waals surface area (Å²) in [7, 11) is 1.67. The highest BCUT2D eigenvalue weighted by molar-refractivity contribution is 6.35. The minimum atomic E-state index is -0.859. The van der Waals surface area contributed by atoms with Crippen molar-refractivity contribution in [3.05, 3.63) is 60.2 Å². The fraction of sp³-hybridized carbons (Fsp3) is 0.409. The molecular formula is C22H27N5O3. The molecule has 1 aliphatic heterocycles. The smallest absolute Gasteiger partial charge is 0.313 e. The third kappa shape index (κ3) is 4.82. The molecule has 1 aromatic heterocycles. The molecule has 0 saturated carbocycles. The van der Waals surface area contributed by atoms with E-state index in [2.05, 4.69) is 9.97 Å². The Morgan fingerprint density at radius 2 is 1.90 bits per heavy atom. The normalized spacial score (nSPS) is 15.3. The Bertz CT molecular complexity index is 875. The predicted molar refractivity (Wildman–Crippen MR) is 111 cm³/mol. The zero-order valence-electron chi connectivity index (χ0n) is 17.4. The van der Waals surface area contributed by atoms with E-state index in [1.807, 2.05) is 37.3 Å². The van der Waals surface area contributed by atoms with E-state index in [9.17, 15) is 14.4 Å². The van der Waals surface area contributed by atoms with Crippen LogP contribution in [-0.4, -0.2) is 69.1 Å². The second kappa shape index (κ2) is 9.96. The zero-order valence-corrected chi connectivity index (χ0v) is 17.4. The largest absolute Gasteiger partial charge is 0.338 e. The van der Waals surface area contributed by atoms with Gasteiger partial charge >= 0.3 is 11.8 Å². The molecule has 0 radical (unpaired) electrons. The fourth-order valence-electron chi connectivity index (χ4n) is 3.53. The number of aromatic nitrogens is 2. The maximum absolute atomic E-state index is 13.4. The van der Waals surface area contributed by atoms with E-state index >= 15 is 0 Å². The van der Waals surface area contributed by atoms with E-state index in [1.54, 1.807) is 24.2 Å². The van der Waals surface area contributed by atoms with Crippen molar-refractivity contribution in [2.75, 3.05) is 26.7 Å². The van der Waals surface area contributed by atoms with Crippen LogP contribution in [0, 0.1) is 0 Å². The fourth-order valence-corrected chi connectivity index (χ4v) is 3.53. The first-order chi connectivity index (χ1) is 14.5. The number of unbranched alkanes of at least 4 members (excludes halogenated alkanes) is 1. The molecule has 8 nitrogen and oxygen atoms in total. The van der Waals surface area contributed by atoms with E-state index < -0.39 is 17.9 Å². The number of hydrogen-bond donors (Lipinski definition) is 0. The number of piperazine rings is 1. The minimum Gasteiger partial charge on any atom is -0.338 e. The molecule has 1 aliphatic rings. The van der Waals surface area contributed by atoms with Crippen molar-refractivity contribution < 1.29 is 14.4 Å². The Morgan fingerprint density at radius 3 is 2.57 bits per heavy atom. The third-order valence-electron chi connectivity index (χ3n) is 5.20. The Labute approximate surface area is 176 Å². The molecule has 0 N–H and O–H groups in total. The lowest BCUT2D eigenvalue weighted by molar-refractivity contribution is -0.161. The average molecular weight is 409 g/mol. The Morgan fingerprint density at radius 1 is 1.13 bits per heavy atom. The quantitative estimate of drug-likeness (QED) is 0.619. The molecule has 0 aliphatic carbocycles. The van der Waals surface area contributed by atoms with Gasteiger partial charge in [-0.1, -0.05) is 43.7 Å². The molecule has 3 rings (SSSR count). The van der Waals surface area contributed by atoms with Gasteiger partial charge in [-0.25, -0.2) is 9.97 Å². The van der Waals surface area contributed by atoms with Gasteiger partial charge in [-0.15, -0.1) is 0 Å². The van der Waals surface area contributed by atoms with Crippen molar-refractivity contribution in [3.63, 3.8) is 0 Å². The molecule has 3 amide bonds. The Kier molecular flexibility index (Phi) is 7.11. The molecule has 1 saturated heterocycles. The number of amides is 3. The molecule has 1 atom stereocenters. The predicted octanol–water partition coefficient (Wildman–Crippen LogP) is 1.65. The Hall–Kier alpha value is -3.29. The molecule has 8 heteroatoms. The summed E-state index contributed by atoms with van der Waals surface area (Å²) in [6.45, 7) is 3.63. The lowest BCUT2D eigenvalue weighted by Crippen LogP contribution is -2.57. The summed E-state index contributed by atoms with van der Waals surface area (Å²) in [5, 5.41) is 0. The van der Waals surface area contributed by atoms with Crippen LogP contribution in [0.4, 0.5) is 0 Å². The van der Waals surface area contributed by atoms with Crippen LogP contribution in [0.1, 0.15) is 37.1 Å². The molecule has 1 aromatic carbocycles. The molecule has 2 aromatic rings. The molecule has 30 heavy (non-hydrogen) atoms. The first kappa shape index (κ1) is 21.4. The summed E-state index contributed by atoms with van der Waals surface area (Å²) in [6, 6.07) is 9.99. The molecular weight excluding hydrogens is 382 g/mol. The lowest BCUT2D eigenvalue weighted by atomic mass is 10.0. The van der Waals surface area contributed by atoms with Gasteiger partial charge in [-0.3, -0.25) is 14.4 Å². The standard InChI is InChI=1S/C22H27N5O3/c1-3-4-12-26-13-14-27(22(30)21(26)29)19(17-8-6-5-7-9-17)20(28)25(2)15-18-10-11-23-16-24-18/h5-11,16,19H,3-4,12-15H2,1-2H3/t19-/m0/s1. The number of hydrogen-bond acceptors (Lipinski definition) is 5. The summed E-state index contributed by atoms with van der Waals surface area (Å²) in [6.07, 6.45) is 4.84. The van der Waals surface area contributed by atoms with Gasteiger partial charge in [-0.2, -0.15) is 0 Å². The van der Waals surface area contributed by atoms with Crippen LogP contribution in [-0.2, 0) is 20.9 Å². The van der Waals surface area contributed by atoms with Crippen molar-refractivity contribution in [1.29, 1.82) is 0 Å². The third-order valence-corrected chi connectivity index (χ3v) is 5.20. The van der Waals surface area contributed by atoms with Gasteiger partial charge in [0.05, 0.1) is 12.2 Å². The number of carbonyl (C=O) groups is 3. The first-order valence-corrected chi connectivity index (χ1v) is 10.2. The Balaban J connectivity index is 1.84. The van der Waals surface area contributed by atoms with E-state index in [0.717, 1.165) is 12.8 Å². The van der Waals surface area contributed by atoms with Crippen LogP contribution in [0.2, 0.25) is 0 Å². The highest BCUT2D eigenvalue weighted by Gasteiger charge is 2.40. The monoisotopic (exact) mass is 409 g/mol. The van der Waals surface area contributed by atoms with Gasteiger partial charge < -0.3 is 14.7 Å². The maximum atomic E-state index is 13.4. The maximum Gasteiger partial charge on any atom is 0.313 e. The van der Waals surface area contributed by atoms with Gasteiger partial charge in [-0.05, 0) is 18.1 Å². The van der Waals surface area contributed by atoms with Gasteiger partial charge in [0.25, 0.3) is 0 Å². The summed E-state index contributed by atoms with van der Waals surface area (Å²) < 4.78 is 0. The molecule has 0 bridgehead atoms. The van der Waals surface area contributed by atoms with Crippen molar-refractivity contribution in [2.45, 2.75) is 32.4 Å². The molecule has 2 heterocycles. The van der Waals surface area contributed by atoms with Crippen LogP contribution in [0.15, 0.2) is 48.9 Å². The summed E-state index contributed by atoms with van der Waals surface area (Å²) >= 11 is 0. The molecule has 1 fully saturated rings. The topological polar surface area (TPSA) is 86.7 Å². The van der Waals surface area contributed by atoms with Crippen LogP contribution >= 0.6 is 0 Å². The van der Waals surface area contributed by atoms with E-state index in [1.165, 1.54) is 16.1 Å². The first-order valence-electron chi connectivity index (χ1n) is 10.2. The highest BCUT2D eigenvalue weighted by Crippen LogP contribution is 2.26. The number of benzene rings is 1. The zero-order chi connectivity index (χ0) is 21.5. The summed E-state index contributed by atoms with van der Waals surface area (Å²) in [4.78, 5) is 51.6. The number of rotatable bonds is 8. The van der Waals surface area contributed by atoms with Gasteiger partial charge in [0.2, 0.25) is 5.91 Å². The van der Waals surface area contributed by atoms with Crippen molar-refractivity contribution >= 4 is 17.7 Å². The van der Waals surface area contributed by atoms with Crippen LogP contribution in [0.3, 0.4) is 0 Å². The number of likely N-dealkylation sites (N-methyl/N-ethyl adjacent to an activating group) is 1. The van der Waals surface area contributed by atoms with Crippen LogP contribution < -0.4 is 0 Å². The lowest BCUT2D eigenvalue weighted by Gasteiger charge is -2.39. The highest BCUT2D eigenvalue weighted by atomic mass is 16.2. The average Bonchev–Trinajstić information content (AvgIpc) is 2.77. The molecule has 0 spiro atoms. The van der Waals surface area contributed by atoms with Crippen LogP contribution in [0.25, 0.3) is 0 Å². The molecule has 0 unspecified atom stereocenters. The van der Waals surface area contributed by atoms with Gasteiger partial charge in [0, 0.05) is 32.9 Å². The minimum absolute atomic E-state index is 0.261. The van der Waals surface area contributed by atoms with Gasteiger partial charge in [0.15, 0.2) is 0 Å².